The maximum Gasteiger partial charge on any atom is 0.263 e. The van der Waals surface area contributed by atoms with Gasteiger partial charge in [-0.05, 0) is 46.8 Å². The molecule has 0 radical (unpaired) electrons. The summed E-state index contributed by atoms with van der Waals surface area (Å²) in [5.41, 5.74) is 2.25. The predicted molar refractivity (Wildman–Crippen MR) is 97.9 cm³/mol. The van der Waals surface area contributed by atoms with Crippen molar-refractivity contribution in [2.45, 2.75) is 0 Å². The standard InChI is InChI=1S/C16H9FN2OS3/c17-12-5-9(3-8-1-2-18-14(8)12)10-4-11(22-7-10)6-13-15(20)19-16(21)23-13/h1-7,18H,(H,19,20,21)/b13-6-. The number of H-pyrrole nitrogens is 1. The zero-order chi connectivity index (χ0) is 16.0. The van der Waals surface area contributed by atoms with E-state index < -0.39 is 0 Å². The number of hydrogen-bond acceptors (Lipinski definition) is 4. The van der Waals surface area contributed by atoms with Crippen LogP contribution in [0.1, 0.15) is 4.88 Å². The topological polar surface area (TPSA) is 44.9 Å². The molecule has 0 spiro atoms. The van der Waals surface area contributed by atoms with Gasteiger partial charge >= 0.3 is 0 Å². The van der Waals surface area contributed by atoms with E-state index >= 15 is 0 Å². The molecule has 23 heavy (non-hydrogen) atoms. The molecule has 3 aromatic rings. The fourth-order valence-corrected chi connectivity index (χ4v) is 4.38. The molecule has 4 rings (SSSR count). The highest BCUT2D eigenvalue weighted by molar-refractivity contribution is 8.26. The van der Waals surface area contributed by atoms with E-state index in [4.69, 9.17) is 12.2 Å². The number of aromatic nitrogens is 1. The third-order valence-corrected chi connectivity index (χ3v) is 5.52. The number of aromatic amines is 1. The van der Waals surface area contributed by atoms with Crippen molar-refractivity contribution in [1.29, 1.82) is 0 Å². The van der Waals surface area contributed by atoms with Crippen LogP contribution in [0, 0.1) is 5.82 Å². The van der Waals surface area contributed by atoms with E-state index in [-0.39, 0.29) is 11.7 Å². The van der Waals surface area contributed by atoms with Crippen LogP contribution < -0.4 is 5.32 Å². The molecular formula is C16H9FN2OS3. The van der Waals surface area contributed by atoms with Crippen molar-refractivity contribution in [1.82, 2.24) is 10.3 Å². The van der Waals surface area contributed by atoms with E-state index in [0.29, 0.717) is 14.7 Å². The van der Waals surface area contributed by atoms with Gasteiger partial charge in [-0.3, -0.25) is 4.79 Å². The van der Waals surface area contributed by atoms with Gasteiger partial charge in [0, 0.05) is 16.5 Å². The lowest BCUT2D eigenvalue weighted by atomic mass is 10.1. The van der Waals surface area contributed by atoms with E-state index in [1.165, 1.54) is 29.2 Å². The summed E-state index contributed by atoms with van der Waals surface area (Å²) in [6, 6.07) is 7.25. The van der Waals surface area contributed by atoms with Gasteiger partial charge in [0.25, 0.3) is 5.91 Å². The third kappa shape index (κ3) is 2.71. The van der Waals surface area contributed by atoms with Crippen molar-refractivity contribution in [3.63, 3.8) is 0 Å². The summed E-state index contributed by atoms with van der Waals surface area (Å²) in [6.07, 6.45) is 3.53. The first-order valence-electron chi connectivity index (χ1n) is 6.70. The van der Waals surface area contributed by atoms with Crippen molar-refractivity contribution >= 4 is 62.5 Å². The molecule has 0 saturated carbocycles. The number of benzene rings is 1. The Bertz CT molecular complexity index is 986. The molecule has 7 heteroatoms. The molecule has 3 nitrogen and oxygen atoms in total. The molecule has 1 aromatic carbocycles. The smallest absolute Gasteiger partial charge is 0.263 e. The number of thioether (sulfide) groups is 1. The summed E-state index contributed by atoms with van der Waals surface area (Å²) >= 11 is 7.73. The van der Waals surface area contributed by atoms with Crippen LogP contribution in [0.5, 0.6) is 0 Å². The first-order chi connectivity index (χ1) is 11.1. The van der Waals surface area contributed by atoms with Crippen molar-refractivity contribution in [2.75, 3.05) is 0 Å². The number of amides is 1. The zero-order valence-electron chi connectivity index (χ0n) is 11.6. The molecule has 114 valence electrons. The van der Waals surface area contributed by atoms with E-state index in [0.717, 1.165) is 21.4 Å². The summed E-state index contributed by atoms with van der Waals surface area (Å²) in [4.78, 5) is 16.1. The average molecular weight is 360 g/mol. The fourth-order valence-electron chi connectivity index (χ4n) is 2.42. The van der Waals surface area contributed by atoms with Crippen LogP contribution >= 0.6 is 35.3 Å². The van der Waals surface area contributed by atoms with E-state index in [2.05, 4.69) is 10.3 Å². The van der Waals surface area contributed by atoms with Gasteiger partial charge in [0.05, 0.1) is 10.4 Å². The molecule has 0 unspecified atom stereocenters. The summed E-state index contributed by atoms with van der Waals surface area (Å²) < 4.78 is 14.6. The molecule has 3 heterocycles. The summed E-state index contributed by atoms with van der Waals surface area (Å²) in [7, 11) is 0. The van der Waals surface area contributed by atoms with Crippen LogP contribution in [0.25, 0.3) is 28.1 Å². The Morgan fingerprint density at radius 1 is 1.22 bits per heavy atom. The van der Waals surface area contributed by atoms with Crippen LogP contribution in [0.4, 0.5) is 4.39 Å². The lowest BCUT2D eigenvalue weighted by molar-refractivity contribution is -0.115. The molecular weight excluding hydrogens is 351 g/mol. The predicted octanol–water partition coefficient (Wildman–Crippen LogP) is 4.52. The summed E-state index contributed by atoms with van der Waals surface area (Å²) in [5.74, 6) is -0.445. The molecule has 1 amide bonds. The monoisotopic (exact) mass is 360 g/mol. The molecule has 1 saturated heterocycles. The number of carbonyl (C=O) groups excluding carboxylic acids is 1. The number of halogens is 1. The SMILES string of the molecule is O=C1NC(=S)S/C1=C\c1cc(-c2cc(F)c3[nH]ccc3c2)cs1. The van der Waals surface area contributed by atoms with E-state index in [9.17, 15) is 9.18 Å². The average Bonchev–Trinajstić information content (AvgIpc) is 3.20. The number of rotatable bonds is 2. The van der Waals surface area contributed by atoms with Gasteiger partial charge in [0.1, 0.15) is 10.1 Å². The van der Waals surface area contributed by atoms with Crippen molar-refractivity contribution in [3.8, 4) is 11.1 Å². The second-order valence-electron chi connectivity index (χ2n) is 4.99. The number of thiocarbonyl (C=S) groups is 1. The molecule has 0 bridgehead atoms. The molecule has 0 aliphatic carbocycles. The molecule has 2 N–H and O–H groups in total. The third-order valence-electron chi connectivity index (χ3n) is 3.48. The van der Waals surface area contributed by atoms with Crippen LogP contribution in [-0.2, 0) is 4.79 Å². The fraction of sp³-hybridized carbons (Fsp3) is 0. The van der Waals surface area contributed by atoms with E-state index in [1.54, 1.807) is 12.3 Å². The number of carbonyl (C=O) groups is 1. The summed E-state index contributed by atoms with van der Waals surface area (Å²) in [5, 5.41) is 5.38. The summed E-state index contributed by atoms with van der Waals surface area (Å²) in [6.45, 7) is 0. The molecule has 2 aromatic heterocycles. The van der Waals surface area contributed by atoms with Crippen LogP contribution in [-0.4, -0.2) is 15.2 Å². The Hall–Kier alpha value is -1.96. The molecule has 1 aliphatic rings. The van der Waals surface area contributed by atoms with Gasteiger partial charge in [0.2, 0.25) is 0 Å². The lowest BCUT2D eigenvalue weighted by Crippen LogP contribution is -2.17. The van der Waals surface area contributed by atoms with Crippen molar-refractivity contribution in [3.05, 3.63) is 51.4 Å². The maximum atomic E-state index is 14.1. The second kappa shape index (κ2) is 5.59. The normalized spacial score (nSPS) is 16.5. The Kier molecular flexibility index (Phi) is 3.56. The first kappa shape index (κ1) is 14.6. The minimum atomic E-state index is -0.273. The van der Waals surface area contributed by atoms with Gasteiger partial charge in [-0.1, -0.05) is 24.0 Å². The Morgan fingerprint density at radius 2 is 2.09 bits per heavy atom. The quantitative estimate of drug-likeness (QED) is 0.521. The Labute approximate surface area is 144 Å². The van der Waals surface area contributed by atoms with Gasteiger partial charge < -0.3 is 10.3 Å². The van der Waals surface area contributed by atoms with E-state index in [1.807, 2.05) is 23.6 Å². The number of nitrogens with one attached hydrogen (secondary N) is 2. The van der Waals surface area contributed by atoms with Gasteiger partial charge in [-0.2, -0.15) is 0 Å². The second-order valence-corrected chi connectivity index (χ2v) is 7.65. The first-order valence-corrected chi connectivity index (χ1v) is 8.81. The highest BCUT2D eigenvalue weighted by atomic mass is 32.2. The highest BCUT2D eigenvalue weighted by Gasteiger charge is 2.22. The highest BCUT2D eigenvalue weighted by Crippen LogP contribution is 2.33. The Morgan fingerprint density at radius 3 is 2.87 bits per heavy atom. The lowest BCUT2D eigenvalue weighted by Gasteiger charge is -2.00. The van der Waals surface area contributed by atoms with Crippen LogP contribution in [0.3, 0.4) is 0 Å². The van der Waals surface area contributed by atoms with Gasteiger partial charge in [0.15, 0.2) is 0 Å². The minimum absolute atomic E-state index is 0.172. The number of thiophene rings is 1. The molecule has 1 fully saturated rings. The number of hydrogen-bond donors (Lipinski definition) is 2. The van der Waals surface area contributed by atoms with Crippen molar-refractivity contribution in [2.24, 2.45) is 0 Å². The van der Waals surface area contributed by atoms with Crippen LogP contribution in [0.15, 0.2) is 40.7 Å². The minimum Gasteiger partial charge on any atom is -0.359 e. The Balaban J connectivity index is 1.71. The van der Waals surface area contributed by atoms with Crippen molar-refractivity contribution < 1.29 is 9.18 Å². The van der Waals surface area contributed by atoms with Gasteiger partial charge in [-0.25, -0.2) is 4.39 Å². The zero-order valence-corrected chi connectivity index (χ0v) is 14.0. The molecule has 0 atom stereocenters. The number of fused-ring (bicyclic) bond motifs is 1. The molecule has 1 aliphatic heterocycles. The van der Waals surface area contributed by atoms with Crippen LogP contribution in [0.2, 0.25) is 0 Å². The largest absolute Gasteiger partial charge is 0.359 e. The van der Waals surface area contributed by atoms with Gasteiger partial charge in [-0.15, -0.1) is 11.3 Å². The maximum absolute atomic E-state index is 14.1.